The highest BCUT2D eigenvalue weighted by Gasteiger charge is 2.37. The second kappa shape index (κ2) is 7.96. The van der Waals surface area contributed by atoms with Crippen LogP contribution in [0.15, 0.2) is 29.3 Å². The molecule has 0 atom stereocenters. The maximum Gasteiger partial charge on any atom is 0.192 e. The Morgan fingerprint density at radius 1 is 1.13 bits per heavy atom. The lowest BCUT2D eigenvalue weighted by atomic mass is 10.00. The van der Waals surface area contributed by atoms with Crippen molar-refractivity contribution in [3.05, 3.63) is 62.5 Å². The van der Waals surface area contributed by atoms with E-state index in [2.05, 4.69) is 55.6 Å². The van der Waals surface area contributed by atoms with Crippen LogP contribution in [-0.4, -0.2) is 28.8 Å². The van der Waals surface area contributed by atoms with E-state index in [1.807, 2.05) is 31.2 Å². The van der Waals surface area contributed by atoms with Crippen LogP contribution in [0.25, 0.3) is 5.00 Å². The first-order valence-electron chi connectivity index (χ1n) is 10.5. The van der Waals surface area contributed by atoms with Gasteiger partial charge >= 0.3 is 0 Å². The van der Waals surface area contributed by atoms with Gasteiger partial charge in [-0.05, 0) is 49.7 Å². The van der Waals surface area contributed by atoms with Crippen molar-refractivity contribution >= 4 is 37.0 Å². The topological polar surface area (TPSA) is 52.3 Å². The van der Waals surface area contributed by atoms with Gasteiger partial charge < -0.3 is 4.43 Å². The number of hydrogen-bond acceptors (Lipinski definition) is 5. The smallest absolute Gasteiger partial charge is 0.192 e. The average Bonchev–Trinajstić information content (AvgIpc) is 3.15. The minimum Gasteiger partial charge on any atom is -0.412 e. The van der Waals surface area contributed by atoms with Crippen molar-refractivity contribution < 1.29 is 4.43 Å². The number of aromatic nitrogens is 3. The highest BCUT2D eigenvalue weighted by molar-refractivity contribution is 7.15. The molecule has 0 saturated heterocycles. The van der Waals surface area contributed by atoms with Crippen LogP contribution >= 0.6 is 22.9 Å². The number of fused-ring (bicyclic) bond motifs is 3. The Hall–Kier alpha value is -1.80. The van der Waals surface area contributed by atoms with Gasteiger partial charge in [-0.1, -0.05) is 44.5 Å². The number of aliphatic imine (C=N–C) groups is 1. The first-order valence-corrected chi connectivity index (χ1v) is 14.6. The second-order valence-corrected chi connectivity index (χ2v) is 15.9. The average molecular weight is 473 g/mol. The van der Waals surface area contributed by atoms with E-state index in [1.54, 1.807) is 11.3 Å². The van der Waals surface area contributed by atoms with Crippen LogP contribution in [0.4, 0.5) is 0 Å². The van der Waals surface area contributed by atoms with Crippen LogP contribution in [-0.2, 0) is 17.6 Å². The van der Waals surface area contributed by atoms with Crippen LogP contribution < -0.4 is 0 Å². The molecule has 1 aliphatic heterocycles. The third-order valence-corrected chi connectivity index (χ3v) is 12.4. The van der Waals surface area contributed by atoms with Crippen LogP contribution in [0.2, 0.25) is 23.2 Å². The number of halogens is 1. The molecule has 3 heterocycles. The Morgan fingerprint density at radius 3 is 2.45 bits per heavy atom. The van der Waals surface area contributed by atoms with Gasteiger partial charge in [0.2, 0.25) is 0 Å². The number of nitrogens with zero attached hydrogens (tertiary/aromatic N) is 4. The van der Waals surface area contributed by atoms with E-state index < -0.39 is 8.32 Å². The fourth-order valence-corrected chi connectivity index (χ4v) is 5.88. The predicted molar refractivity (Wildman–Crippen MR) is 131 cm³/mol. The van der Waals surface area contributed by atoms with Gasteiger partial charge in [-0.25, -0.2) is 0 Å². The summed E-state index contributed by atoms with van der Waals surface area (Å²) in [6.07, 6.45) is 0. The number of aryl methyl sites for hydroxylation is 1. The van der Waals surface area contributed by atoms with E-state index in [4.69, 9.17) is 21.0 Å². The molecular weight excluding hydrogens is 444 g/mol. The van der Waals surface area contributed by atoms with Gasteiger partial charge in [0.1, 0.15) is 17.4 Å². The molecule has 0 amide bonds. The molecular formula is C23H29ClN4OSSi. The lowest BCUT2D eigenvalue weighted by molar-refractivity contribution is 0.279. The Morgan fingerprint density at radius 2 is 1.81 bits per heavy atom. The largest absolute Gasteiger partial charge is 0.412 e. The minimum absolute atomic E-state index is 0.170. The van der Waals surface area contributed by atoms with E-state index in [0.29, 0.717) is 13.2 Å². The summed E-state index contributed by atoms with van der Waals surface area (Å²) < 4.78 is 8.73. The SMILES string of the molecule is Cc1c(CO[Si](C)(C)C(C)(C)C)sc2c1C(c1ccc(Cl)cc1)=NCc1nnc(C)n1-2. The molecule has 164 valence electrons. The molecule has 0 aliphatic carbocycles. The molecule has 1 aromatic carbocycles. The van der Waals surface area contributed by atoms with Gasteiger partial charge in [-0.2, -0.15) is 0 Å². The highest BCUT2D eigenvalue weighted by Crippen LogP contribution is 2.40. The van der Waals surface area contributed by atoms with E-state index in [9.17, 15) is 0 Å². The fraction of sp³-hybridized carbons (Fsp3) is 0.435. The summed E-state index contributed by atoms with van der Waals surface area (Å²) in [6.45, 7) is 16.7. The van der Waals surface area contributed by atoms with Gasteiger partial charge in [0, 0.05) is 21.0 Å². The van der Waals surface area contributed by atoms with Crippen molar-refractivity contribution in [2.45, 2.75) is 65.9 Å². The standard InChI is InChI=1S/C23H29ClN4OSSi/c1-14-18(13-29-31(6,7)23(3,4)5)30-22-20(14)21(16-8-10-17(24)11-9-16)25-12-19-27-26-15(2)28(19)22/h8-11H,12-13H2,1-7H3. The summed E-state index contributed by atoms with van der Waals surface area (Å²) in [5.74, 6) is 1.74. The van der Waals surface area contributed by atoms with Gasteiger partial charge in [0.25, 0.3) is 0 Å². The molecule has 8 heteroatoms. The Balaban J connectivity index is 1.82. The lowest BCUT2D eigenvalue weighted by Gasteiger charge is -2.36. The van der Waals surface area contributed by atoms with Gasteiger partial charge in [-0.3, -0.25) is 9.56 Å². The summed E-state index contributed by atoms with van der Waals surface area (Å²) in [6, 6.07) is 7.90. The van der Waals surface area contributed by atoms with E-state index in [1.165, 1.54) is 10.4 Å². The fourth-order valence-electron chi connectivity index (χ4n) is 3.43. The lowest BCUT2D eigenvalue weighted by Crippen LogP contribution is -2.40. The summed E-state index contributed by atoms with van der Waals surface area (Å²) in [4.78, 5) is 6.20. The summed E-state index contributed by atoms with van der Waals surface area (Å²) in [5.41, 5.74) is 4.39. The molecule has 0 unspecified atom stereocenters. The van der Waals surface area contributed by atoms with Crippen molar-refractivity contribution in [2.75, 3.05) is 0 Å². The molecule has 5 nitrogen and oxygen atoms in total. The molecule has 0 spiro atoms. The molecule has 0 bridgehead atoms. The summed E-state index contributed by atoms with van der Waals surface area (Å²) in [5, 5.41) is 10.7. The minimum atomic E-state index is -1.86. The van der Waals surface area contributed by atoms with Crippen molar-refractivity contribution in [3.63, 3.8) is 0 Å². The molecule has 0 saturated carbocycles. The zero-order valence-electron chi connectivity index (χ0n) is 19.2. The maximum atomic E-state index is 6.58. The molecule has 0 N–H and O–H groups in total. The number of rotatable bonds is 4. The summed E-state index contributed by atoms with van der Waals surface area (Å²) >= 11 is 7.91. The van der Waals surface area contributed by atoms with Crippen molar-refractivity contribution in [1.29, 1.82) is 0 Å². The Bertz CT molecular complexity index is 1160. The van der Waals surface area contributed by atoms with E-state index in [-0.39, 0.29) is 5.04 Å². The predicted octanol–water partition coefficient (Wildman–Crippen LogP) is 6.47. The zero-order valence-corrected chi connectivity index (χ0v) is 21.8. The van der Waals surface area contributed by atoms with Crippen LogP contribution in [0, 0.1) is 13.8 Å². The van der Waals surface area contributed by atoms with E-state index in [0.717, 1.165) is 38.5 Å². The number of benzene rings is 1. The zero-order chi connectivity index (χ0) is 22.6. The summed E-state index contributed by atoms with van der Waals surface area (Å²) in [7, 11) is -1.86. The van der Waals surface area contributed by atoms with Crippen LogP contribution in [0.1, 0.15) is 54.0 Å². The van der Waals surface area contributed by atoms with Crippen LogP contribution in [0.3, 0.4) is 0 Å². The van der Waals surface area contributed by atoms with Crippen molar-refractivity contribution in [1.82, 2.24) is 14.8 Å². The Kier molecular flexibility index (Phi) is 5.75. The third-order valence-electron chi connectivity index (χ3n) is 6.43. The second-order valence-electron chi connectivity index (χ2n) is 9.55. The monoisotopic (exact) mass is 472 g/mol. The van der Waals surface area contributed by atoms with Gasteiger partial charge in [-0.15, -0.1) is 21.5 Å². The molecule has 31 heavy (non-hydrogen) atoms. The van der Waals surface area contributed by atoms with E-state index >= 15 is 0 Å². The maximum absolute atomic E-state index is 6.58. The highest BCUT2D eigenvalue weighted by atomic mass is 35.5. The third kappa shape index (κ3) is 4.04. The normalized spacial score (nSPS) is 14.1. The number of thiophene rings is 1. The first-order chi connectivity index (χ1) is 14.5. The molecule has 2 aromatic heterocycles. The number of hydrogen-bond donors (Lipinski definition) is 0. The van der Waals surface area contributed by atoms with Crippen molar-refractivity contribution in [2.24, 2.45) is 4.99 Å². The first kappa shape index (κ1) is 22.4. The Labute approximate surface area is 194 Å². The molecule has 3 aromatic rings. The quantitative estimate of drug-likeness (QED) is 0.408. The van der Waals surface area contributed by atoms with Gasteiger partial charge in [0.05, 0.1) is 12.3 Å². The molecule has 0 radical (unpaired) electrons. The van der Waals surface area contributed by atoms with Crippen LogP contribution in [0.5, 0.6) is 0 Å². The molecule has 1 aliphatic rings. The van der Waals surface area contributed by atoms with Crippen molar-refractivity contribution in [3.8, 4) is 5.00 Å². The van der Waals surface area contributed by atoms with Gasteiger partial charge in [0.15, 0.2) is 14.1 Å². The molecule has 0 fully saturated rings. The molecule has 4 rings (SSSR count).